The van der Waals surface area contributed by atoms with Gasteiger partial charge in [0.15, 0.2) is 6.29 Å². The molecule has 0 saturated carbocycles. The first-order valence-corrected chi connectivity index (χ1v) is 20.1. The average molecular weight is 905 g/mol. The smallest absolute Gasteiger partial charge is 0.475 e. The van der Waals surface area contributed by atoms with Gasteiger partial charge >= 0.3 is 24.3 Å². The van der Waals surface area contributed by atoms with Crippen molar-refractivity contribution in [3.63, 3.8) is 0 Å². The molecule has 1 aliphatic rings. The van der Waals surface area contributed by atoms with E-state index in [4.69, 9.17) is 19.8 Å². The fraction of sp³-hybridized carbons (Fsp3) is 0.184. The van der Waals surface area contributed by atoms with Crippen LogP contribution < -0.4 is 5.32 Å². The van der Waals surface area contributed by atoms with E-state index in [0.717, 1.165) is 53.2 Å². The van der Waals surface area contributed by atoms with Gasteiger partial charge in [-0.1, -0.05) is 36.4 Å². The number of hydrogen-bond donors (Lipinski definition) is 3. The van der Waals surface area contributed by atoms with E-state index in [1.807, 2.05) is 0 Å². The van der Waals surface area contributed by atoms with Gasteiger partial charge < -0.3 is 15.5 Å². The van der Waals surface area contributed by atoms with Crippen LogP contribution in [-0.4, -0.2) is 96.6 Å². The van der Waals surface area contributed by atoms with Crippen LogP contribution in [0.15, 0.2) is 119 Å². The molecule has 2 aromatic heterocycles. The van der Waals surface area contributed by atoms with E-state index in [2.05, 4.69) is 10.2 Å². The number of benzene rings is 4. The quantitative estimate of drug-likeness (QED) is 0.117. The van der Waals surface area contributed by atoms with Crippen molar-refractivity contribution in [3.8, 4) is 0 Å². The van der Waals surface area contributed by atoms with Crippen LogP contribution in [0.2, 0.25) is 0 Å². The van der Waals surface area contributed by atoms with E-state index < -0.39 is 56.0 Å². The molecule has 326 valence electrons. The summed E-state index contributed by atoms with van der Waals surface area (Å²) in [6, 6.07) is 24.3. The van der Waals surface area contributed by atoms with Gasteiger partial charge in [-0.2, -0.15) is 26.3 Å². The zero-order valence-electron chi connectivity index (χ0n) is 30.9. The molecule has 6 aromatic rings. The van der Waals surface area contributed by atoms with Crippen LogP contribution >= 0.6 is 0 Å². The third-order valence-corrected chi connectivity index (χ3v) is 11.8. The number of carbonyl (C=O) groups is 3. The Labute approximate surface area is 341 Å². The molecular formula is C38H32F8N4O9S2. The molecule has 61 heavy (non-hydrogen) atoms. The molecule has 3 N–H and O–H groups in total. The van der Waals surface area contributed by atoms with Crippen molar-refractivity contribution in [3.05, 3.63) is 132 Å². The minimum atomic E-state index is -5.08. The summed E-state index contributed by atoms with van der Waals surface area (Å²) >= 11 is 0. The summed E-state index contributed by atoms with van der Waals surface area (Å²) in [5, 5.41) is 18.7. The summed E-state index contributed by atoms with van der Waals surface area (Å²) in [7, 11) is -7.59. The summed E-state index contributed by atoms with van der Waals surface area (Å²) < 4.78 is 144. The Balaban J connectivity index is 0.000000208. The maximum atomic E-state index is 14.3. The highest BCUT2D eigenvalue weighted by Gasteiger charge is 2.39. The van der Waals surface area contributed by atoms with Gasteiger partial charge in [0, 0.05) is 61.5 Å². The largest absolute Gasteiger partial charge is 0.490 e. The first-order chi connectivity index (χ1) is 28.5. The van der Waals surface area contributed by atoms with Gasteiger partial charge in [0.1, 0.15) is 11.6 Å². The van der Waals surface area contributed by atoms with Gasteiger partial charge in [-0.3, -0.25) is 9.69 Å². The molecule has 1 saturated heterocycles. The van der Waals surface area contributed by atoms with Crippen LogP contribution in [0.1, 0.15) is 15.9 Å². The molecule has 0 unspecified atom stereocenters. The topological polar surface area (TPSA) is 185 Å². The number of carboxylic acid groups (broad SMARTS) is 2. The second-order valence-electron chi connectivity index (χ2n) is 12.5. The number of nitrogens with one attached hydrogen (secondary N) is 1. The van der Waals surface area contributed by atoms with Crippen LogP contribution in [0.4, 0.5) is 35.1 Å². The third kappa shape index (κ3) is 12.0. The Bertz CT molecular complexity index is 2690. The highest BCUT2D eigenvalue weighted by Crippen LogP contribution is 2.28. The lowest BCUT2D eigenvalue weighted by atomic mass is 10.1. The number of alkyl halides is 6. The summed E-state index contributed by atoms with van der Waals surface area (Å²) in [6.45, 7) is 4.19. The van der Waals surface area contributed by atoms with Crippen molar-refractivity contribution in [2.75, 3.05) is 26.2 Å². The standard InChI is InChI=1S/C19H20FN3O2S.C15H10FNO3S.2C2HF3O2/c20-16-12-15(14-22-10-7-21-8-11-22)18-6-9-23(19(18)13-16)26(24,25)17-4-2-1-3-5-17;16-12-8-11(10-18)14-6-7-17(15(14)9-12)21(19,20)13-4-2-1-3-5-13;2*3-2(4,5)1(6)7/h1-6,9,12-13,21H,7-8,10-11,14H2;1-10H;2*(H,6,7). The molecular weight excluding hydrogens is 873 g/mol. The highest BCUT2D eigenvalue weighted by atomic mass is 32.2. The van der Waals surface area contributed by atoms with Crippen LogP contribution in [0.25, 0.3) is 21.8 Å². The fourth-order valence-corrected chi connectivity index (χ4v) is 8.36. The number of aliphatic carboxylic acids is 2. The molecule has 0 spiro atoms. The molecule has 0 aliphatic carbocycles. The predicted octanol–water partition coefficient (Wildman–Crippen LogP) is 6.52. The lowest BCUT2D eigenvalue weighted by Crippen LogP contribution is -2.42. The second-order valence-corrected chi connectivity index (χ2v) is 16.2. The molecule has 4 aromatic carbocycles. The number of carboxylic acids is 2. The monoisotopic (exact) mass is 904 g/mol. The molecule has 13 nitrogen and oxygen atoms in total. The van der Waals surface area contributed by atoms with Gasteiger partial charge in [-0.25, -0.2) is 43.2 Å². The molecule has 0 amide bonds. The second kappa shape index (κ2) is 19.5. The molecule has 3 heterocycles. The third-order valence-electron chi connectivity index (χ3n) is 8.41. The zero-order chi connectivity index (χ0) is 45.3. The SMILES string of the molecule is O=C(O)C(F)(F)F.O=C(O)C(F)(F)F.O=Cc1cc(F)cc2c1ccn2S(=O)(=O)c1ccccc1.O=S(=O)(c1ccccc1)n1ccc2c(CN3CCNCC3)cc(F)cc21. The van der Waals surface area contributed by atoms with Crippen molar-refractivity contribution in [1.82, 2.24) is 18.2 Å². The number of halogens is 8. The summed E-state index contributed by atoms with van der Waals surface area (Å²) in [5.41, 5.74) is 1.44. The number of nitrogens with zero attached hydrogens (tertiary/aromatic N) is 3. The number of rotatable bonds is 7. The van der Waals surface area contributed by atoms with Crippen LogP contribution in [0.5, 0.6) is 0 Å². The van der Waals surface area contributed by atoms with E-state index in [1.54, 1.807) is 54.6 Å². The Morgan fingerprint density at radius 3 is 1.44 bits per heavy atom. The van der Waals surface area contributed by atoms with Gasteiger partial charge in [0.25, 0.3) is 20.0 Å². The lowest BCUT2D eigenvalue weighted by Gasteiger charge is -2.27. The average Bonchev–Trinajstić information content (AvgIpc) is 3.84. The number of aromatic nitrogens is 2. The van der Waals surface area contributed by atoms with E-state index in [9.17, 15) is 56.8 Å². The predicted molar refractivity (Wildman–Crippen MR) is 203 cm³/mol. The molecule has 7 rings (SSSR count). The minimum absolute atomic E-state index is 0.0967. The van der Waals surface area contributed by atoms with E-state index in [1.165, 1.54) is 46.7 Å². The van der Waals surface area contributed by atoms with Gasteiger partial charge in [0.2, 0.25) is 0 Å². The molecule has 23 heteroatoms. The minimum Gasteiger partial charge on any atom is -0.475 e. The fourth-order valence-electron chi connectivity index (χ4n) is 5.64. The summed E-state index contributed by atoms with van der Waals surface area (Å²) in [4.78, 5) is 31.3. The number of fused-ring (bicyclic) bond motifs is 2. The van der Waals surface area contributed by atoms with Crippen molar-refractivity contribution in [2.45, 2.75) is 28.7 Å². The lowest BCUT2D eigenvalue weighted by molar-refractivity contribution is -0.193. The van der Waals surface area contributed by atoms with Crippen LogP contribution in [0, 0.1) is 11.6 Å². The Kier molecular flexibility index (Phi) is 15.2. The first-order valence-electron chi connectivity index (χ1n) is 17.2. The zero-order valence-corrected chi connectivity index (χ0v) is 32.6. The molecule has 0 atom stereocenters. The van der Waals surface area contributed by atoms with Crippen molar-refractivity contribution in [1.29, 1.82) is 0 Å². The van der Waals surface area contributed by atoms with Gasteiger partial charge in [-0.05, 0) is 66.2 Å². The molecule has 1 fully saturated rings. The van der Waals surface area contributed by atoms with E-state index >= 15 is 0 Å². The van der Waals surface area contributed by atoms with E-state index in [0.29, 0.717) is 23.7 Å². The highest BCUT2D eigenvalue weighted by molar-refractivity contribution is 7.90. The van der Waals surface area contributed by atoms with Gasteiger partial charge in [-0.15, -0.1) is 0 Å². The molecule has 0 bridgehead atoms. The number of hydrogen-bond acceptors (Lipinski definition) is 9. The van der Waals surface area contributed by atoms with Crippen LogP contribution in [-0.2, 0) is 36.2 Å². The summed E-state index contributed by atoms with van der Waals surface area (Å²) in [6.07, 6.45) is -6.84. The van der Waals surface area contributed by atoms with Gasteiger partial charge in [0.05, 0.1) is 20.8 Å². The number of carbonyl (C=O) groups excluding carboxylic acids is 1. The Hall–Kier alpha value is -6.17. The normalized spacial score (nSPS) is 13.5. The molecule has 0 radical (unpaired) electrons. The Morgan fingerprint density at radius 2 is 1.03 bits per heavy atom. The number of piperazine rings is 1. The van der Waals surface area contributed by atoms with Crippen LogP contribution in [0.3, 0.4) is 0 Å². The van der Waals surface area contributed by atoms with Crippen molar-refractivity contribution in [2.24, 2.45) is 0 Å². The number of aldehydes is 1. The molecule has 1 aliphatic heterocycles. The van der Waals surface area contributed by atoms with E-state index in [-0.39, 0.29) is 20.9 Å². The first kappa shape index (κ1) is 47.5. The summed E-state index contributed by atoms with van der Waals surface area (Å²) in [5.74, 6) is -6.60. The maximum absolute atomic E-state index is 14.3. The van der Waals surface area contributed by atoms with Crippen molar-refractivity contribution >= 4 is 60.1 Å². The maximum Gasteiger partial charge on any atom is 0.490 e. The van der Waals surface area contributed by atoms with Crippen molar-refractivity contribution < 1.29 is 76.6 Å². The Morgan fingerprint density at radius 1 is 0.639 bits per heavy atom.